The molecule has 1 atom stereocenters. The Labute approximate surface area is 113 Å². The maximum Gasteiger partial charge on any atom is 0.253 e. The van der Waals surface area contributed by atoms with Crippen molar-refractivity contribution in [3.63, 3.8) is 0 Å². The fourth-order valence-electron chi connectivity index (χ4n) is 2.24. The van der Waals surface area contributed by atoms with Gasteiger partial charge in [-0.1, -0.05) is 12.1 Å². The molecule has 0 aromatic heterocycles. The lowest BCUT2D eigenvalue weighted by molar-refractivity contribution is 0.0587. The van der Waals surface area contributed by atoms with Gasteiger partial charge < -0.3 is 9.64 Å². The standard InChI is InChI=1S/C15H19NO3/c1-11(17)12-5-7-13(8-6-12)15(18)16(2)10-14-4-3-9-19-14/h5-8,14H,3-4,9-10H2,1-2H3. The van der Waals surface area contributed by atoms with E-state index in [0.29, 0.717) is 17.7 Å². The topological polar surface area (TPSA) is 46.6 Å². The first-order valence-electron chi connectivity index (χ1n) is 6.56. The lowest BCUT2D eigenvalue weighted by Crippen LogP contribution is -2.34. The number of ketones is 1. The molecular weight excluding hydrogens is 242 g/mol. The number of likely N-dealkylation sites (N-methyl/N-ethyl adjacent to an activating group) is 1. The van der Waals surface area contributed by atoms with Crippen LogP contribution >= 0.6 is 0 Å². The number of carbonyl (C=O) groups excluding carboxylic acids is 2. The Bertz CT molecular complexity index is 461. The highest BCUT2D eigenvalue weighted by molar-refractivity contribution is 5.97. The molecule has 1 heterocycles. The van der Waals surface area contributed by atoms with E-state index in [1.165, 1.54) is 6.92 Å². The van der Waals surface area contributed by atoms with Gasteiger partial charge in [-0.25, -0.2) is 0 Å². The van der Waals surface area contributed by atoms with Gasteiger partial charge in [0.2, 0.25) is 0 Å². The number of rotatable bonds is 4. The van der Waals surface area contributed by atoms with Gasteiger partial charge in [0.25, 0.3) is 5.91 Å². The fraction of sp³-hybridized carbons (Fsp3) is 0.467. The summed E-state index contributed by atoms with van der Waals surface area (Å²) in [4.78, 5) is 25.1. The fourth-order valence-corrected chi connectivity index (χ4v) is 2.24. The molecule has 19 heavy (non-hydrogen) atoms. The summed E-state index contributed by atoms with van der Waals surface area (Å²) in [7, 11) is 1.78. The first-order chi connectivity index (χ1) is 9.08. The molecule has 102 valence electrons. The summed E-state index contributed by atoms with van der Waals surface area (Å²) < 4.78 is 5.52. The van der Waals surface area contributed by atoms with E-state index in [4.69, 9.17) is 4.74 Å². The van der Waals surface area contributed by atoms with Gasteiger partial charge in [0, 0.05) is 31.3 Å². The highest BCUT2D eigenvalue weighted by Crippen LogP contribution is 2.14. The normalized spacial score (nSPS) is 18.3. The van der Waals surface area contributed by atoms with Crippen LogP contribution in [0, 0.1) is 0 Å². The van der Waals surface area contributed by atoms with E-state index in [1.54, 1.807) is 36.2 Å². The summed E-state index contributed by atoms with van der Waals surface area (Å²) in [6.07, 6.45) is 2.24. The van der Waals surface area contributed by atoms with Gasteiger partial charge in [-0.2, -0.15) is 0 Å². The second-order valence-corrected chi connectivity index (χ2v) is 4.95. The summed E-state index contributed by atoms with van der Waals surface area (Å²) in [5.41, 5.74) is 1.23. The highest BCUT2D eigenvalue weighted by atomic mass is 16.5. The zero-order valence-electron chi connectivity index (χ0n) is 11.4. The minimum atomic E-state index is -0.0365. The van der Waals surface area contributed by atoms with E-state index in [2.05, 4.69) is 0 Å². The van der Waals surface area contributed by atoms with E-state index >= 15 is 0 Å². The summed E-state index contributed by atoms with van der Waals surface area (Å²) >= 11 is 0. The molecule has 1 aromatic rings. The number of hydrogen-bond donors (Lipinski definition) is 0. The summed E-state index contributed by atoms with van der Waals surface area (Å²) in [6, 6.07) is 6.78. The minimum absolute atomic E-state index is 0.00621. The average molecular weight is 261 g/mol. The maximum atomic E-state index is 12.2. The van der Waals surface area contributed by atoms with Crippen molar-refractivity contribution in [3.8, 4) is 0 Å². The number of Topliss-reactive ketones (excluding diaryl/α,β-unsaturated/α-hetero) is 1. The van der Waals surface area contributed by atoms with Gasteiger partial charge in [-0.05, 0) is 31.9 Å². The molecule has 0 spiro atoms. The number of carbonyl (C=O) groups is 2. The molecule has 1 aliphatic rings. The minimum Gasteiger partial charge on any atom is -0.376 e. The van der Waals surface area contributed by atoms with Gasteiger partial charge in [0.1, 0.15) is 0 Å². The number of amides is 1. The molecule has 1 saturated heterocycles. The van der Waals surface area contributed by atoms with Crippen molar-refractivity contribution in [2.75, 3.05) is 20.2 Å². The van der Waals surface area contributed by atoms with Gasteiger partial charge in [-0.3, -0.25) is 9.59 Å². The summed E-state index contributed by atoms with van der Waals surface area (Å²) in [5.74, 6) is -0.0303. The largest absolute Gasteiger partial charge is 0.376 e. The predicted octanol–water partition coefficient (Wildman–Crippen LogP) is 2.14. The Morgan fingerprint density at radius 1 is 1.26 bits per heavy atom. The molecule has 4 nitrogen and oxygen atoms in total. The second-order valence-electron chi connectivity index (χ2n) is 4.95. The third-order valence-corrected chi connectivity index (χ3v) is 3.39. The molecule has 0 bridgehead atoms. The van der Waals surface area contributed by atoms with E-state index in [0.717, 1.165) is 19.4 Å². The van der Waals surface area contributed by atoms with Crippen molar-refractivity contribution < 1.29 is 14.3 Å². The van der Waals surface area contributed by atoms with Crippen molar-refractivity contribution in [2.24, 2.45) is 0 Å². The summed E-state index contributed by atoms with van der Waals surface area (Å²) in [5, 5.41) is 0. The van der Waals surface area contributed by atoms with Crippen LogP contribution in [0.5, 0.6) is 0 Å². The Hall–Kier alpha value is -1.68. The predicted molar refractivity (Wildman–Crippen MR) is 72.4 cm³/mol. The van der Waals surface area contributed by atoms with Crippen LogP contribution < -0.4 is 0 Å². The van der Waals surface area contributed by atoms with Crippen LogP contribution in [0.25, 0.3) is 0 Å². The number of benzene rings is 1. The van der Waals surface area contributed by atoms with Crippen molar-refractivity contribution in [2.45, 2.75) is 25.9 Å². The number of ether oxygens (including phenoxy) is 1. The first kappa shape index (κ1) is 13.7. The SMILES string of the molecule is CC(=O)c1ccc(C(=O)N(C)CC2CCCO2)cc1. The van der Waals surface area contributed by atoms with Crippen molar-refractivity contribution in [3.05, 3.63) is 35.4 Å². The van der Waals surface area contributed by atoms with Gasteiger partial charge >= 0.3 is 0 Å². The lowest BCUT2D eigenvalue weighted by Gasteiger charge is -2.20. The Morgan fingerprint density at radius 3 is 2.42 bits per heavy atom. The molecule has 0 N–H and O–H groups in total. The van der Waals surface area contributed by atoms with Crippen LogP contribution in [0.3, 0.4) is 0 Å². The average Bonchev–Trinajstić information content (AvgIpc) is 2.90. The monoisotopic (exact) mass is 261 g/mol. The Morgan fingerprint density at radius 2 is 1.89 bits per heavy atom. The quantitative estimate of drug-likeness (QED) is 0.780. The smallest absolute Gasteiger partial charge is 0.253 e. The van der Waals surface area contributed by atoms with E-state index in [9.17, 15) is 9.59 Å². The Balaban J connectivity index is 1.99. The molecule has 1 aliphatic heterocycles. The van der Waals surface area contributed by atoms with Gasteiger partial charge in [0.15, 0.2) is 5.78 Å². The zero-order valence-corrected chi connectivity index (χ0v) is 11.4. The number of nitrogens with zero attached hydrogens (tertiary/aromatic N) is 1. The first-order valence-corrected chi connectivity index (χ1v) is 6.56. The maximum absolute atomic E-state index is 12.2. The molecule has 0 radical (unpaired) electrons. The molecule has 1 amide bonds. The van der Waals surface area contributed by atoms with E-state index < -0.39 is 0 Å². The third kappa shape index (κ3) is 3.41. The lowest BCUT2D eigenvalue weighted by atomic mass is 10.1. The van der Waals surface area contributed by atoms with Crippen LogP contribution in [0.2, 0.25) is 0 Å². The second kappa shape index (κ2) is 5.97. The molecule has 1 fully saturated rings. The van der Waals surface area contributed by atoms with Crippen molar-refractivity contribution >= 4 is 11.7 Å². The van der Waals surface area contributed by atoms with Crippen LogP contribution in [-0.2, 0) is 4.74 Å². The summed E-state index contributed by atoms with van der Waals surface area (Å²) in [6.45, 7) is 2.92. The molecule has 4 heteroatoms. The van der Waals surface area contributed by atoms with Crippen LogP contribution in [0.1, 0.15) is 40.5 Å². The zero-order chi connectivity index (χ0) is 13.8. The van der Waals surface area contributed by atoms with Crippen molar-refractivity contribution in [1.29, 1.82) is 0 Å². The number of hydrogen-bond acceptors (Lipinski definition) is 3. The van der Waals surface area contributed by atoms with Crippen LogP contribution in [0.15, 0.2) is 24.3 Å². The molecule has 2 rings (SSSR count). The molecule has 0 saturated carbocycles. The third-order valence-electron chi connectivity index (χ3n) is 3.39. The van der Waals surface area contributed by atoms with Crippen LogP contribution in [0.4, 0.5) is 0 Å². The Kier molecular flexibility index (Phi) is 4.32. The van der Waals surface area contributed by atoms with Gasteiger partial charge in [0.05, 0.1) is 6.10 Å². The highest BCUT2D eigenvalue weighted by Gasteiger charge is 2.20. The van der Waals surface area contributed by atoms with Crippen molar-refractivity contribution in [1.82, 2.24) is 4.90 Å². The molecule has 1 unspecified atom stereocenters. The molecule has 0 aliphatic carbocycles. The molecule has 1 aromatic carbocycles. The van der Waals surface area contributed by atoms with E-state index in [1.807, 2.05) is 0 Å². The van der Waals surface area contributed by atoms with Gasteiger partial charge in [-0.15, -0.1) is 0 Å². The van der Waals surface area contributed by atoms with E-state index in [-0.39, 0.29) is 17.8 Å². The van der Waals surface area contributed by atoms with Crippen LogP contribution in [-0.4, -0.2) is 42.9 Å². The molecular formula is C15H19NO3.